The summed E-state index contributed by atoms with van der Waals surface area (Å²) in [4.78, 5) is 0. The maximum atomic E-state index is 5.39. The number of nitrogens with two attached hydrogens (primary N) is 1. The Morgan fingerprint density at radius 1 is 1.62 bits per heavy atom. The molecule has 8 heavy (non-hydrogen) atoms. The van der Waals surface area contributed by atoms with E-state index in [1.54, 1.807) is 7.11 Å². The van der Waals surface area contributed by atoms with Crippen molar-refractivity contribution >= 4 is 0 Å². The lowest BCUT2D eigenvalue weighted by molar-refractivity contribution is 0.153. The van der Waals surface area contributed by atoms with Crippen molar-refractivity contribution in [3.63, 3.8) is 0 Å². The number of rotatable bonds is 4. The Hall–Kier alpha value is -0.0800. The number of ether oxygens (including phenoxy) is 1. The van der Waals surface area contributed by atoms with E-state index in [2.05, 4.69) is 6.92 Å². The molecule has 0 aliphatic carbocycles. The fraction of sp³-hybridized carbons (Fsp3) is 1.00. The molecule has 0 aliphatic heterocycles. The first-order valence-electron chi connectivity index (χ1n) is 3.04. The molecule has 50 valence electrons. The molecule has 0 heterocycles. The SMILES string of the molecule is CC[C@H](CN)COC. The number of hydrogen-bond acceptors (Lipinski definition) is 2. The van der Waals surface area contributed by atoms with Gasteiger partial charge in [-0.2, -0.15) is 0 Å². The summed E-state index contributed by atoms with van der Waals surface area (Å²) in [6, 6.07) is 0. The van der Waals surface area contributed by atoms with Crippen LogP contribution in [0.3, 0.4) is 0 Å². The minimum absolute atomic E-state index is 0.556. The predicted octanol–water partition coefficient (Wildman–Crippen LogP) is 0.618. The van der Waals surface area contributed by atoms with Crippen LogP contribution < -0.4 is 5.73 Å². The highest BCUT2D eigenvalue weighted by molar-refractivity contribution is 4.53. The van der Waals surface area contributed by atoms with Crippen molar-refractivity contribution in [2.75, 3.05) is 20.3 Å². The van der Waals surface area contributed by atoms with Crippen molar-refractivity contribution in [1.82, 2.24) is 0 Å². The molecule has 0 rings (SSSR count). The van der Waals surface area contributed by atoms with Crippen LogP contribution in [0.5, 0.6) is 0 Å². The van der Waals surface area contributed by atoms with Gasteiger partial charge in [0.1, 0.15) is 0 Å². The van der Waals surface area contributed by atoms with E-state index < -0.39 is 0 Å². The Morgan fingerprint density at radius 3 is 2.38 bits per heavy atom. The summed E-state index contributed by atoms with van der Waals surface area (Å²) < 4.78 is 4.91. The van der Waals surface area contributed by atoms with Crippen LogP contribution in [0.25, 0.3) is 0 Å². The molecule has 0 aromatic rings. The quantitative estimate of drug-likeness (QED) is 0.585. The molecular formula is C6H15NO. The van der Waals surface area contributed by atoms with Gasteiger partial charge in [0, 0.05) is 7.11 Å². The van der Waals surface area contributed by atoms with E-state index in [-0.39, 0.29) is 0 Å². The first-order valence-corrected chi connectivity index (χ1v) is 3.04. The maximum absolute atomic E-state index is 5.39. The van der Waals surface area contributed by atoms with Crippen molar-refractivity contribution in [1.29, 1.82) is 0 Å². The van der Waals surface area contributed by atoms with Crippen molar-refractivity contribution in [3.8, 4) is 0 Å². The second kappa shape index (κ2) is 5.06. The van der Waals surface area contributed by atoms with Gasteiger partial charge >= 0.3 is 0 Å². The second-order valence-corrected chi connectivity index (χ2v) is 1.97. The van der Waals surface area contributed by atoms with Crippen LogP contribution in [-0.2, 0) is 4.74 Å². The lowest BCUT2D eigenvalue weighted by Crippen LogP contribution is -2.17. The molecule has 2 heteroatoms. The smallest absolute Gasteiger partial charge is 0.0502 e. The zero-order valence-corrected chi connectivity index (χ0v) is 5.68. The molecule has 0 saturated heterocycles. The van der Waals surface area contributed by atoms with Crippen LogP contribution in [-0.4, -0.2) is 20.3 Å². The lowest BCUT2D eigenvalue weighted by Gasteiger charge is -2.08. The van der Waals surface area contributed by atoms with E-state index in [0.29, 0.717) is 5.92 Å². The number of methoxy groups -OCH3 is 1. The minimum atomic E-state index is 0.556. The van der Waals surface area contributed by atoms with Crippen LogP contribution in [0.4, 0.5) is 0 Å². The van der Waals surface area contributed by atoms with Gasteiger partial charge in [0.15, 0.2) is 0 Å². The summed E-state index contributed by atoms with van der Waals surface area (Å²) in [7, 11) is 1.71. The molecule has 1 atom stereocenters. The minimum Gasteiger partial charge on any atom is -0.384 e. The molecule has 0 aliphatic rings. The third kappa shape index (κ3) is 2.99. The molecular weight excluding hydrogens is 102 g/mol. The normalized spacial score (nSPS) is 13.9. The Balaban J connectivity index is 3.07. The average Bonchev–Trinajstić information content (AvgIpc) is 1.83. The van der Waals surface area contributed by atoms with Crippen LogP contribution in [0.2, 0.25) is 0 Å². The van der Waals surface area contributed by atoms with E-state index in [0.717, 1.165) is 19.6 Å². The van der Waals surface area contributed by atoms with Crippen molar-refractivity contribution in [2.45, 2.75) is 13.3 Å². The van der Waals surface area contributed by atoms with E-state index >= 15 is 0 Å². The topological polar surface area (TPSA) is 35.2 Å². The van der Waals surface area contributed by atoms with Gasteiger partial charge in [-0.3, -0.25) is 0 Å². The fourth-order valence-electron chi connectivity index (χ4n) is 0.588. The van der Waals surface area contributed by atoms with E-state index in [4.69, 9.17) is 10.5 Å². The molecule has 0 aromatic heterocycles. The predicted molar refractivity (Wildman–Crippen MR) is 34.7 cm³/mol. The van der Waals surface area contributed by atoms with E-state index in [1.807, 2.05) is 0 Å². The van der Waals surface area contributed by atoms with E-state index in [9.17, 15) is 0 Å². The standard InChI is InChI=1S/C6H15NO/c1-3-6(4-7)5-8-2/h6H,3-5,7H2,1-2H3/t6-/m1/s1. The van der Waals surface area contributed by atoms with Gasteiger partial charge in [-0.05, 0) is 18.9 Å². The fourth-order valence-corrected chi connectivity index (χ4v) is 0.588. The Bertz CT molecular complexity index is 43.8. The van der Waals surface area contributed by atoms with Gasteiger partial charge in [0.25, 0.3) is 0 Å². The summed E-state index contributed by atoms with van der Waals surface area (Å²) in [6.45, 7) is 3.66. The molecule has 0 radical (unpaired) electrons. The maximum Gasteiger partial charge on any atom is 0.0502 e. The Morgan fingerprint density at radius 2 is 2.25 bits per heavy atom. The van der Waals surface area contributed by atoms with Gasteiger partial charge in [-0.15, -0.1) is 0 Å². The van der Waals surface area contributed by atoms with Gasteiger partial charge in [-0.1, -0.05) is 6.92 Å². The molecule has 0 saturated carbocycles. The third-order valence-electron chi connectivity index (χ3n) is 1.31. The van der Waals surface area contributed by atoms with Crippen LogP contribution in [0.1, 0.15) is 13.3 Å². The molecule has 0 unspecified atom stereocenters. The summed E-state index contributed by atoms with van der Waals surface area (Å²) in [5.41, 5.74) is 5.39. The lowest BCUT2D eigenvalue weighted by atomic mass is 10.1. The average molecular weight is 117 g/mol. The molecule has 0 aromatic carbocycles. The zero-order chi connectivity index (χ0) is 6.41. The highest BCUT2D eigenvalue weighted by atomic mass is 16.5. The van der Waals surface area contributed by atoms with Gasteiger partial charge in [-0.25, -0.2) is 0 Å². The molecule has 0 fully saturated rings. The molecule has 2 nitrogen and oxygen atoms in total. The summed E-state index contributed by atoms with van der Waals surface area (Å²) >= 11 is 0. The highest BCUT2D eigenvalue weighted by Crippen LogP contribution is 1.98. The summed E-state index contributed by atoms with van der Waals surface area (Å²) in [6.07, 6.45) is 1.12. The molecule has 2 N–H and O–H groups in total. The summed E-state index contributed by atoms with van der Waals surface area (Å²) in [5, 5.41) is 0. The van der Waals surface area contributed by atoms with Crippen LogP contribution in [0, 0.1) is 5.92 Å². The van der Waals surface area contributed by atoms with Crippen LogP contribution >= 0.6 is 0 Å². The molecule has 0 spiro atoms. The largest absolute Gasteiger partial charge is 0.384 e. The van der Waals surface area contributed by atoms with Crippen molar-refractivity contribution in [3.05, 3.63) is 0 Å². The monoisotopic (exact) mass is 117 g/mol. The van der Waals surface area contributed by atoms with Gasteiger partial charge < -0.3 is 10.5 Å². The van der Waals surface area contributed by atoms with Gasteiger partial charge in [0.2, 0.25) is 0 Å². The Kier molecular flexibility index (Phi) is 5.01. The first-order chi connectivity index (χ1) is 3.85. The second-order valence-electron chi connectivity index (χ2n) is 1.97. The summed E-state index contributed by atoms with van der Waals surface area (Å²) in [5.74, 6) is 0.556. The third-order valence-corrected chi connectivity index (χ3v) is 1.31. The number of hydrogen-bond donors (Lipinski definition) is 1. The van der Waals surface area contributed by atoms with E-state index in [1.165, 1.54) is 0 Å². The first kappa shape index (κ1) is 7.92. The van der Waals surface area contributed by atoms with Gasteiger partial charge in [0.05, 0.1) is 6.61 Å². The van der Waals surface area contributed by atoms with Crippen LogP contribution in [0.15, 0.2) is 0 Å². The molecule has 0 bridgehead atoms. The molecule has 0 amide bonds. The Labute approximate surface area is 51.0 Å². The van der Waals surface area contributed by atoms with Crippen molar-refractivity contribution in [2.24, 2.45) is 11.7 Å². The van der Waals surface area contributed by atoms with Crippen molar-refractivity contribution < 1.29 is 4.74 Å². The highest BCUT2D eigenvalue weighted by Gasteiger charge is 1.99. The zero-order valence-electron chi connectivity index (χ0n) is 5.68.